The molecule has 1 aliphatic rings. The number of hydrogen-bond donors (Lipinski definition) is 0. The highest BCUT2D eigenvalue weighted by Gasteiger charge is 2.35. The molecule has 0 fully saturated rings. The molecule has 3 aromatic heterocycles. The van der Waals surface area contributed by atoms with E-state index in [1.165, 1.54) is 75.7 Å². The first-order valence-electron chi connectivity index (χ1n) is 21.7. The Morgan fingerprint density at radius 2 is 1.11 bits per heavy atom. The smallest absolute Gasteiger partial charge is 0.137 e. The predicted molar refractivity (Wildman–Crippen MR) is 267 cm³/mol. The molecule has 12 aromatic rings. The summed E-state index contributed by atoms with van der Waals surface area (Å²) in [5.41, 5.74) is 17.5. The van der Waals surface area contributed by atoms with Crippen molar-refractivity contribution in [3.8, 4) is 38.4 Å². The molecule has 3 heterocycles. The van der Waals surface area contributed by atoms with Crippen molar-refractivity contribution in [2.75, 3.05) is 4.90 Å². The number of anilines is 3. The number of benzene rings is 9. The van der Waals surface area contributed by atoms with E-state index in [0.717, 1.165) is 44.7 Å². The molecule has 4 heteroatoms. The Kier molecular flexibility index (Phi) is 7.82. The summed E-state index contributed by atoms with van der Waals surface area (Å²) in [6, 6.07) is 75.4. The maximum Gasteiger partial charge on any atom is 0.137 e. The van der Waals surface area contributed by atoms with Crippen LogP contribution in [0.4, 0.5) is 17.1 Å². The van der Waals surface area contributed by atoms with Gasteiger partial charge in [0.05, 0.1) is 16.4 Å². The van der Waals surface area contributed by atoms with Crippen molar-refractivity contribution in [1.82, 2.24) is 4.57 Å². The van der Waals surface area contributed by atoms with E-state index < -0.39 is 0 Å². The number of fused-ring (bicyclic) bond motifs is 11. The van der Waals surface area contributed by atoms with Crippen LogP contribution in [0.25, 0.3) is 92.2 Å². The van der Waals surface area contributed by atoms with Gasteiger partial charge in [0.15, 0.2) is 0 Å². The molecule has 0 N–H and O–H groups in total. The Morgan fingerprint density at radius 1 is 0.476 bits per heavy atom. The zero-order valence-electron chi connectivity index (χ0n) is 34.8. The van der Waals surface area contributed by atoms with Crippen molar-refractivity contribution >= 4 is 82.2 Å². The predicted octanol–water partition coefficient (Wildman–Crippen LogP) is 17.0. The molecule has 0 bridgehead atoms. The van der Waals surface area contributed by atoms with Gasteiger partial charge in [0.2, 0.25) is 0 Å². The summed E-state index contributed by atoms with van der Waals surface area (Å²) in [4.78, 5) is 3.69. The van der Waals surface area contributed by atoms with E-state index in [1.54, 1.807) is 0 Å². The number of para-hydroxylation sites is 2. The van der Waals surface area contributed by atoms with E-state index in [2.05, 4.69) is 224 Å². The maximum atomic E-state index is 6.37. The van der Waals surface area contributed by atoms with Crippen LogP contribution in [0.15, 0.2) is 211 Å². The monoisotopic (exact) mass is 824 g/mol. The van der Waals surface area contributed by atoms with Crippen LogP contribution in [0, 0.1) is 0 Å². The number of rotatable bonds is 6. The lowest BCUT2D eigenvalue weighted by molar-refractivity contribution is 0.660. The van der Waals surface area contributed by atoms with Gasteiger partial charge >= 0.3 is 0 Å². The highest BCUT2D eigenvalue weighted by molar-refractivity contribution is 7.22. The quantitative estimate of drug-likeness (QED) is 0.167. The molecule has 0 atom stereocenters. The van der Waals surface area contributed by atoms with Crippen LogP contribution in [0.1, 0.15) is 25.0 Å². The van der Waals surface area contributed by atoms with Gasteiger partial charge in [0, 0.05) is 53.9 Å². The molecule has 0 radical (unpaired) electrons. The summed E-state index contributed by atoms with van der Waals surface area (Å²) in [5.74, 6) is 0. The topological polar surface area (TPSA) is 21.3 Å². The minimum Gasteiger partial charge on any atom is -0.456 e. The zero-order chi connectivity index (χ0) is 41.8. The standard InChI is InChI=1S/C59H40N2OS/c1-59(2)50-15-7-4-12-45(50)46-32-31-44(36-51(46)59)60(42-29-23-39(24-30-42)56-35-40-11-3-10-18-55(40)63-56)41-25-19-37(20-26-41)38-21-27-43(28-22-38)61-52-16-8-5-13-47(52)48-33-34-54-57(58(48)61)49-14-6-9-17-53(49)62-54/h3-36H,1-2H3. The van der Waals surface area contributed by atoms with Gasteiger partial charge in [-0.2, -0.15) is 0 Å². The zero-order valence-corrected chi connectivity index (χ0v) is 35.7. The van der Waals surface area contributed by atoms with Crippen molar-refractivity contribution in [3.63, 3.8) is 0 Å². The van der Waals surface area contributed by atoms with Gasteiger partial charge < -0.3 is 13.9 Å². The molecule has 1 aliphatic carbocycles. The van der Waals surface area contributed by atoms with E-state index >= 15 is 0 Å². The van der Waals surface area contributed by atoms with Crippen LogP contribution in [0.5, 0.6) is 0 Å². The lowest BCUT2D eigenvalue weighted by Crippen LogP contribution is -2.16. The van der Waals surface area contributed by atoms with Crippen LogP contribution in [-0.4, -0.2) is 4.57 Å². The number of hydrogen-bond acceptors (Lipinski definition) is 3. The molecule has 298 valence electrons. The van der Waals surface area contributed by atoms with Crippen LogP contribution in [-0.2, 0) is 5.41 Å². The molecule has 0 amide bonds. The fourth-order valence-corrected chi connectivity index (χ4v) is 11.4. The Labute approximate surface area is 369 Å². The summed E-state index contributed by atoms with van der Waals surface area (Å²) in [7, 11) is 0. The van der Waals surface area contributed by atoms with Crippen LogP contribution in [0.2, 0.25) is 0 Å². The van der Waals surface area contributed by atoms with E-state index in [-0.39, 0.29) is 5.41 Å². The lowest BCUT2D eigenvalue weighted by Gasteiger charge is -2.28. The van der Waals surface area contributed by atoms with E-state index in [4.69, 9.17) is 4.42 Å². The molecule has 63 heavy (non-hydrogen) atoms. The third kappa shape index (κ3) is 5.51. The molecule has 9 aromatic carbocycles. The number of furan rings is 1. The Morgan fingerprint density at radius 3 is 1.90 bits per heavy atom. The normalized spacial score (nSPS) is 13.0. The largest absolute Gasteiger partial charge is 0.456 e. The van der Waals surface area contributed by atoms with Crippen molar-refractivity contribution in [1.29, 1.82) is 0 Å². The molecule has 0 spiro atoms. The van der Waals surface area contributed by atoms with Gasteiger partial charge in [0.25, 0.3) is 0 Å². The average molecular weight is 825 g/mol. The Hall–Kier alpha value is -7.66. The molecular weight excluding hydrogens is 785 g/mol. The van der Waals surface area contributed by atoms with E-state index in [9.17, 15) is 0 Å². The summed E-state index contributed by atoms with van der Waals surface area (Å²) >= 11 is 1.85. The molecule has 0 saturated carbocycles. The van der Waals surface area contributed by atoms with Crippen molar-refractivity contribution < 1.29 is 4.42 Å². The summed E-state index contributed by atoms with van der Waals surface area (Å²) in [6.07, 6.45) is 0. The molecular formula is C59H40N2OS. The van der Waals surface area contributed by atoms with Gasteiger partial charge in [-0.3, -0.25) is 0 Å². The molecule has 0 saturated heterocycles. The number of aromatic nitrogens is 1. The second-order valence-corrected chi connectivity index (χ2v) is 18.4. The first-order valence-corrected chi connectivity index (χ1v) is 22.5. The van der Waals surface area contributed by atoms with Gasteiger partial charge in [-0.15, -0.1) is 11.3 Å². The van der Waals surface area contributed by atoms with E-state index in [0.29, 0.717) is 0 Å². The molecule has 0 aliphatic heterocycles. The molecule has 13 rings (SSSR count). The number of nitrogens with zero attached hydrogens (tertiary/aromatic N) is 2. The van der Waals surface area contributed by atoms with Crippen LogP contribution < -0.4 is 4.90 Å². The van der Waals surface area contributed by atoms with Crippen molar-refractivity contribution in [2.24, 2.45) is 0 Å². The van der Waals surface area contributed by atoms with Crippen LogP contribution >= 0.6 is 11.3 Å². The average Bonchev–Trinajstić information content (AvgIpc) is 4.08. The number of thiophene rings is 1. The molecule has 0 unspecified atom stereocenters. The highest BCUT2D eigenvalue weighted by Crippen LogP contribution is 2.51. The van der Waals surface area contributed by atoms with E-state index in [1.807, 2.05) is 17.4 Å². The minimum atomic E-state index is -0.105. The summed E-state index contributed by atoms with van der Waals surface area (Å²) in [6.45, 7) is 4.71. The molecule has 3 nitrogen and oxygen atoms in total. The second kappa shape index (κ2) is 13.7. The lowest BCUT2D eigenvalue weighted by atomic mass is 9.82. The third-order valence-electron chi connectivity index (χ3n) is 13.4. The van der Waals surface area contributed by atoms with Gasteiger partial charge in [0.1, 0.15) is 11.2 Å². The maximum absolute atomic E-state index is 6.37. The van der Waals surface area contributed by atoms with Gasteiger partial charge in [-0.1, -0.05) is 135 Å². The second-order valence-electron chi connectivity index (χ2n) is 17.3. The third-order valence-corrected chi connectivity index (χ3v) is 14.6. The first-order chi connectivity index (χ1) is 31.0. The summed E-state index contributed by atoms with van der Waals surface area (Å²) in [5, 5.41) is 6.02. The van der Waals surface area contributed by atoms with Crippen molar-refractivity contribution in [3.05, 3.63) is 217 Å². The highest BCUT2D eigenvalue weighted by atomic mass is 32.1. The van der Waals surface area contributed by atoms with Gasteiger partial charge in [-0.05, 0) is 129 Å². The Bertz CT molecular complexity index is 3720. The fourth-order valence-electron chi connectivity index (χ4n) is 10.3. The first kappa shape index (κ1) is 36.0. The minimum absolute atomic E-state index is 0.105. The Balaban J connectivity index is 0.890. The fraction of sp³-hybridized carbons (Fsp3) is 0.0508. The summed E-state index contributed by atoms with van der Waals surface area (Å²) < 4.78 is 10.1. The SMILES string of the molecule is CC1(C)c2ccccc2-c2ccc(N(c3ccc(-c4ccc(-n5c6ccccc6c6ccc7oc8ccccc8c7c65)cc4)cc3)c3ccc(-c4cc5ccccc5s4)cc3)cc21. The van der Waals surface area contributed by atoms with Crippen molar-refractivity contribution in [2.45, 2.75) is 19.3 Å². The van der Waals surface area contributed by atoms with Gasteiger partial charge in [-0.25, -0.2) is 0 Å². The van der Waals surface area contributed by atoms with Crippen LogP contribution in [0.3, 0.4) is 0 Å².